The van der Waals surface area contributed by atoms with Crippen LogP contribution in [0.2, 0.25) is 0 Å². The van der Waals surface area contributed by atoms with Crippen molar-refractivity contribution < 1.29 is 4.74 Å². The molecule has 0 aliphatic rings. The average molecular weight is 275 g/mol. The average Bonchev–Trinajstić information content (AvgIpc) is 2.34. The molecule has 0 fully saturated rings. The topological polar surface area (TPSA) is 12.5 Å². The van der Waals surface area contributed by atoms with Crippen LogP contribution in [-0.2, 0) is 0 Å². The molecule has 0 spiro atoms. The molecule has 0 heterocycles. The Morgan fingerprint density at radius 3 is 2.32 bits per heavy atom. The van der Waals surface area contributed by atoms with Gasteiger partial charge in [0.15, 0.2) is 9.68 Å². The van der Waals surface area contributed by atoms with Crippen molar-refractivity contribution in [3.8, 4) is 5.75 Å². The number of benzene rings is 1. The van der Waals surface area contributed by atoms with E-state index in [-0.39, 0.29) is 5.60 Å². The molecule has 1 aromatic rings. The predicted molar refractivity (Wildman–Crippen MR) is 84.5 cm³/mol. The molecule has 19 heavy (non-hydrogen) atoms. The summed E-state index contributed by atoms with van der Waals surface area (Å²) >= 11 is 0. The maximum Gasteiger partial charge on any atom is 0.182 e. The Labute approximate surface area is 120 Å². The molecule has 0 bridgehead atoms. The van der Waals surface area contributed by atoms with Crippen molar-refractivity contribution in [3.05, 3.63) is 36.4 Å². The predicted octanol–water partition coefficient (Wildman–Crippen LogP) is 3.80. The van der Waals surface area contributed by atoms with E-state index in [1.165, 1.54) is 0 Å². The summed E-state index contributed by atoms with van der Waals surface area (Å²) in [5, 5.41) is 1.14. The minimum atomic E-state index is -0.186. The second-order valence-corrected chi connectivity index (χ2v) is 6.93. The number of hydrogen-bond acceptors (Lipinski definition) is 2. The summed E-state index contributed by atoms with van der Waals surface area (Å²) in [6.45, 7) is 16.9. The zero-order chi connectivity index (χ0) is 14.5. The van der Waals surface area contributed by atoms with Crippen LogP contribution in [0.25, 0.3) is 5.20 Å². The Hall–Kier alpha value is -1.06. The first-order chi connectivity index (χ1) is 8.87. The molecule has 1 aromatic carbocycles. The van der Waals surface area contributed by atoms with E-state index in [9.17, 15) is 0 Å². The maximum absolute atomic E-state index is 6.03. The van der Waals surface area contributed by atoms with E-state index in [2.05, 4.69) is 51.8 Å². The number of ether oxygens (including phenoxy) is 1. The van der Waals surface area contributed by atoms with Gasteiger partial charge in [0.1, 0.15) is 11.4 Å². The number of rotatable bonds is 6. The molecule has 0 atom stereocenters. The highest BCUT2D eigenvalue weighted by molar-refractivity contribution is 6.58. The summed E-state index contributed by atoms with van der Waals surface area (Å²) < 4.78 is 8.41. The molecule has 104 valence electrons. The van der Waals surface area contributed by atoms with Gasteiger partial charge in [-0.15, -0.1) is 0 Å². The van der Waals surface area contributed by atoms with Gasteiger partial charge < -0.3 is 9.30 Å². The van der Waals surface area contributed by atoms with Crippen LogP contribution in [0, 0.1) is 0 Å². The van der Waals surface area contributed by atoms with Crippen LogP contribution < -0.4 is 4.74 Å². The van der Waals surface area contributed by atoms with Gasteiger partial charge in [-0.1, -0.05) is 38.6 Å². The van der Waals surface area contributed by atoms with Crippen molar-refractivity contribution in [1.82, 2.24) is 4.57 Å². The first-order valence-electron chi connectivity index (χ1n) is 6.86. The van der Waals surface area contributed by atoms with Crippen LogP contribution in [0.4, 0.5) is 0 Å². The monoisotopic (exact) mass is 275 g/mol. The van der Waals surface area contributed by atoms with Gasteiger partial charge >= 0.3 is 0 Å². The van der Waals surface area contributed by atoms with Crippen LogP contribution in [0.3, 0.4) is 0 Å². The van der Waals surface area contributed by atoms with Gasteiger partial charge in [-0.25, -0.2) is 0 Å². The molecule has 2 radical (unpaired) electrons. The van der Waals surface area contributed by atoms with Gasteiger partial charge in [-0.2, -0.15) is 0 Å². The Morgan fingerprint density at radius 2 is 1.79 bits per heavy atom. The van der Waals surface area contributed by atoms with Gasteiger partial charge in [0.05, 0.1) is 0 Å². The molecule has 3 heteroatoms. The first kappa shape index (κ1) is 16.0. The van der Waals surface area contributed by atoms with Crippen LogP contribution in [0.15, 0.2) is 30.8 Å². The highest BCUT2D eigenvalue weighted by Gasteiger charge is 2.16. The van der Waals surface area contributed by atoms with Crippen LogP contribution in [0.1, 0.15) is 40.2 Å². The Morgan fingerprint density at radius 1 is 1.21 bits per heavy atom. The second-order valence-electron chi connectivity index (χ2n) is 5.47. The quantitative estimate of drug-likeness (QED) is 0.732. The maximum atomic E-state index is 6.03. The summed E-state index contributed by atoms with van der Waals surface area (Å²) in [6.07, 6.45) is 0. The third kappa shape index (κ3) is 5.21. The lowest BCUT2D eigenvalue weighted by atomic mass is 10.1. The summed E-state index contributed by atoms with van der Waals surface area (Å²) in [5.74, 6) is 0.930. The van der Waals surface area contributed by atoms with E-state index in [1.54, 1.807) is 0 Å². The van der Waals surface area contributed by atoms with Gasteiger partial charge in [-0.3, -0.25) is 0 Å². The summed E-state index contributed by atoms with van der Waals surface area (Å²) in [5.41, 5.74) is 0.942. The molecule has 0 unspecified atom stereocenters. The fourth-order valence-corrected chi connectivity index (χ4v) is 2.79. The molecule has 0 saturated heterocycles. The molecule has 0 amide bonds. The van der Waals surface area contributed by atoms with Crippen molar-refractivity contribution in [3.63, 3.8) is 0 Å². The molecule has 1 rings (SSSR count). The third-order valence-electron chi connectivity index (χ3n) is 2.68. The summed E-state index contributed by atoms with van der Waals surface area (Å²) in [7, 11) is 0.616. The SMILES string of the molecule is C=C([Si]N(CC)CC)c1ccccc1OC(C)(C)C. The first-order valence-corrected chi connectivity index (χ1v) is 7.81. The molecule has 2 nitrogen and oxygen atoms in total. The van der Waals surface area contributed by atoms with Crippen molar-refractivity contribution >= 4 is 14.9 Å². The molecule has 0 aromatic heterocycles. The number of para-hydroxylation sites is 1. The lowest BCUT2D eigenvalue weighted by Gasteiger charge is -2.25. The van der Waals surface area contributed by atoms with E-state index >= 15 is 0 Å². The van der Waals surface area contributed by atoms with Crippen LogP contribution in [0.5, 0.6) is 5.75 Å². The molecule has 0 saturated carbocycles. The van der Waals surface area contributed by atoms with E-state index in [0.717, 1.165) is 29.6 Å². The highest BCUT2D eigenvalue weighted by atomic mass is 28.2. The lowest BCUT2D eigenvalue weighted by Crippen LogP contribution is -2.28. The Bertz CT molecular complexity index is 419. The van der Waals surface area contributed by atoms with Crippen molar-refractivity contribution in [2.45, 2.75) is 40.2 Å². The minimum absolute atomic E-state index is 0.186. The van der Waals surface area contributed by atoms with Crippen molar-refractivity contribution in [2.24, 2.45) is 0 Å². The fourth-order valence-electron chi connectivity index (χ4n) is 1.77. The zero-order valence-corrected chi connectivity index (χ0v) is 13.8. The molecular weight excluding hydrogens is 250 g/mol. The second kappa shape index (κ2) is 6.92. The lowest BCUT2D eigenvalue weighted by molar-refractivity contribution is 0.130. The minimum Gasteiger partial charge on any atom is -0.488 e. The van der Waals surface area contributed by atoms with Crippen molar-refractivity contribution in [2.75, 3.05) is 13.1 Å². The fraction of sp³-hybridized carbons (Fsp3) is 0.500. The molecule has 0 aliphatic carbocycles. The van der Waals surface area contributed by atoms with Gasteiger partial charge in [-0.05, 0) is 45.1 Å². The zero-order valence-electron chi connectivity index (χ0n) is 12.8. The Kier molecular flexibility index (Phi) is 5.82. The van der Waals surface area contributed by atoms with E-state index in [4.69, 9.17) is 4.74 Å². The molecule has 0 aliphatic heterocycles. The largest absolute Gasteiger partial charge is 0.488 e. The Balaban J connectivity index is 2.90. The smallest absolute Gasteiger partial charge is 0.182 e. The van der Waals surface area contributed by atoms with E-state index < -0.39 is 0 Å². The standard InChI is InChI=1S/C16H25NOSi/c1-7-17(8-2)19-13(3)14-11-9-10-12-15(14)18-16(4,5)6/h9-12H,3,7-8H2,1-2,4-6H3. The van der Waals surface area contributed by atoms with Crippen molar-refractivity contribution in [1.29, 1.82) is 0 Å². The highest BCUT2D eigenvalue weighted by Crippen LogP contribution is 2.27. The molecular formula is C16H25NOSi. The third-order valence-corrected chi connectivity index (χ3v) is 4.17. The van der Waals surface area contributed by atoms with Gasteiger partial charge in [0, 0.05) is 5.56 Å². The number of nitrogens with zero attached hydrogens (tertiary/aromatic N) is 1. The van der Waals surface area contributed by atoms with E-state index in [1.807, 2.05) is 18.2 Å². The summed E-state index contributed by atoms with van der Waals surface area (Å²) in [6, 6.07) is 8.18. The van der Waals surface area contributed by atoms with E-state index in [0.29, 0.717) is 9.68 Å². The van der Waals surface area contributed by atoms with Crippen LogP contribution in [-0.4, -0.2) is 32.9 Å². The summed E-state index contributed by atoms with van der Waals surface area (Å²) in [4.78, 5) is 0. The normalized spacial score (nSPS) is 11.7. The van der Waals surface area contributed by atoms with Gasteiger partial charge in [0.25, 0.3) is 0 Å². The molecule has 0 N–H and O–H groups in total. The van der Waals surface area contributed by atoms with Crippen LogP contribution >= 0.6 is 0 Å². The number of hydrogen-bond donors (Lipinski definition) is 0. The van der Waals surface area contributed by atoms with Gasteiger partial charge in [0.2, 0.25) is 0 Å².